The number of hydrogen-bond acceptors (Lipinski definition) is 8. The van der Waals surface area contributed by atoms with Gasteiger partial charge in [0.25, 0.3) is 0 Å². The average molecular weight is 562 g/mol. The summed E-state index contributed by atoms with van der Waals surface area (Å²) in [7, 11) is 1.59. The summed E-state index contributed by atoms with van der Waals surface area (Å²) >= 11 is 0. The number of aryl methyl sites for hydroxylation is 1. The Morgan fingerprint density at radius 1 is 1.07 bits per heavy atom. The number of rotatable bonds is 7. The highest BCUT2D eigenvalue weighted by Crippen LogP contribution is 2.37. The number of nitrogens with one attached hydrogen (secondary N) is 1. The molecule has 1 atom stereocenters. The molecule has 11 nitrogen and oxygen atoms in total. The maximum atomic E-state index is 12.3. The van der Waals surface area contributed by atoms with Crippen molar-refractivity contribution >= 4 is 22.9 Å². The van der Waals surface area contributed by atoms with Crippen molar-refractivity contribution in [2.24, 2.45) is 5.92 Å². The van der Waals surface area contributed by atoms with Crippen molar-refractivity contribution in [3.63, 3.8) is 0 Å². The third-order valence-corrected chi connectivity index (χ3v) is 8.60. The van der Waals surface area contributed by atoms with E-state index in [1.807, 2.05) is 35.4 Å². The van der Waals surface area contributed by atoms with E-state index >= 15 is 0 Å². The summed E-state index contributed by atoms with van der Waals surface area (Å²) < 4.78 is 9.01. The van der Waals surface area contributed by atoms with Gasteiger partial charge >= 0.3 is 0 Å². The van der Waals surface area contributed by atoms with Gasteiger partial charge in [-0.05, 0) is 73.2 Å². The number of imidazole rings is 1. The maximum Gasteiger partial charge on any atom is 0.232 e. The van der Waals surface area contributed by atoms with Crippen molar-refractivity contribution in [1.29, 1.82) is 0 Å². The summed E-state index contributed by atoms with van der Waals surface area (Å²) in [5.41, 5.74) is 12.1. The van der Waals surface area contributed by atoms with E-state index in [4.69, 9.17) is 20.4 Å². The van der Waals surface area contributed by atoms with E-state index < -0.39 is 0 Å². The smallest absolute Gasteiger partial charge is 0.232 e. The minimum atomic E-state index is 0.282. The van der Waals surface area contributed by atoms with E-state index in [1.165, 1.54) is 11.1 Å². The second-order valence-electron chi connectivity index (χ2n) is 11.4. The van der Waals surface area contributed by atoms with Gasteiger partial charge in [-0.1, -0.05) is 6.07 Å². The number of likely N-dealkylation sites (tertiary alicyclic amines) is 1. The molecule has 0 radical (unpaired) electrons. The van der Waals surface area contributed by atoms with Gasteiger partial charge in [0.05, 0.1) is 12.7 Å². The van der Waals surface area contributed by atoms with Gasteiger partial charge in [0.1, 0.15) is 11.3 Å². The van der Waals surface area contributed by atoms with E-state index in [0.29, 0.717) is 40.9 Å². The quantitative estimate of drug-likeness (QED) is 0.309. The van der Waals surface area contributed by atoms with Gasteiger partial charge < -0.3 is 20.7 Å². The minimum Gasteiger partial charge on any atom is -0.480 e. The van der Waals surface area contributed by atoms with Gasteiger partial charge in [-0.2, -0.15) is 0 Å². The van der Waals surface area contributed by atoms with Crippen LogP contribution >= 0.6 is 0 Å². The van der Waals surface area contributed by atoms with Gasteiger partial charge in [0.15, 0.2) is 17.3 Å². The molecular weight excluding hydrogens is 530 g/mol. The number of pyridine rings is 2. The van der Waals surface area contributed by atoms with Crippen molar-refractivity contribution in [1.82, 2.24) is 39.5 Å². The number of amides is 1. The number of carbonyl (C=O) groups excluding carboxylic acids is 1. The largest absolute Gasteiger partial charge is 0.480 e. The Morgan fingerprint density at radius 2 is 1.95 bits per heavy atom. The van der Waals surface area contributed by atoms with E-state index in [1.54, 1.807) is 24.1 Å². The molecule has 1 aromatic carbocycles. The number of nitrogens with two attached hydrogens (primary N) is 1. The number of methoxy groups -OCH3 is 1. The van der Waals surface area contributed by atoms with Crippen LogP contribution in [0.1, 0.15) is 36.4 Å². The van der Waals surface area contributed by atoms with Crippen molar-refractivity contribution in [2.45, 2.75) is 37.8 Å². The van der Waals surface area contributed by atoms with Gasteiger partial charge in [-0.3, -0.25) is 9.36 Å². The number of ether oxygens (including phenoxy) is 1. The molecule has 1 aliphatic heterocycles. The fraction of sp³-hybridized carbons (Fsp3) is 0.323. The Hall–Kier alpha value is -4.77. The molecule has 4 aromatic heterocycles. The summed E-state index contributed by atoms with van der Waals surface area (Å²) in [5, 5.41) is 8.25. The third kappa shape index (κ3) is 4.19. The second kappa shape index (κ2) is 9.66. The molecule has 3 N–H and O–H groups in total. The molecule has 11 heteroatoms. The lowest BCUT2D eigenvalue weighted by Gasteiger charge is -2.41. The first-order valence-corrected chi connectivity index (χ1v) is 14.4. The Morgan fingerprint density at radius 3 is 2.74 bits per heavy atom. The monoisotopic (exact) mass is 561 g/mol. The van der Waals surface area contributed by atoms with Crippen LogP contribution in [0.4, 0.5) is 5.82 Å². The van der Waals surface area contributed by atoms with Crippen LogP contribution in [0, 0.1) is 5.92 Å². The molecule has 1 saturated heterocycles. The predicted octanol–water partition coefficient (Wildman–Crippen LogP) is 3.46. The standard InChI is InChI=1S/C31H31N9O2/c1-42-27-12-14-39(37-27)26-11-10-25-30(36-26)40(29(35-25)23-3-2-13-33-28(23)32)21-7-8-22-19(15-21)6-9-24(22)34-20-16-38(17-20)31(41)18-4-5-18/h2-3,7-8,10-15,18,20,24,34H,4-6,9,16-17H2,1H3,(H2,32,33). The van der Waals surface area contributed by atoms with Crippen molar-refractivity contribution in [3.05, 3.63) is 72.1 Å². The van der Waals surface area contributed by atoms with Crippen LogP contribution in [-0.4, -0.2) is 66.3 Å². The highest BCUT2D eigenvalue weighted by molar-refractivity contribution is 5.83. The topological polar surface area (TPSA) is 129 Å². The lowest BCUT2D eigenvalue weighted by atomic mass is 10.0. The van der Waals surface area contributed by atoms with Crippen LogP contribution in [0.3, 0.4) is 0 Å². The first kappa shape index (κ1) is 25.0. The summed E-state index contributed by atoms with van der Waals surface area (Å²) in [6, 6.07) is 16.6. The zero-order valence-corrected chi connectivity index (χ0v) is 23.3. The fourth-order valence-corrected chi connectivity index (χ4v) is 6.20. The number of anilines is 1. The van der Waals surface area contributed by atoms with Gasteiger partial charge in [-0.15, -0.1) is 5.10 Å². The number of carbonyl (C=O) groups is 1. The number of fused-ring (bicyclic) bond motifs is 2. The van der Waals surface area contributed by atoms with Crippen LogP contribution in [0.25, 0.3) is 34.1 Å². The SMILES string of the molecule is COc1ccn(-c2ccc3nc(-c4cccnc4N)n(-c4ccc5c(c4)CCC5NC4CN(C(=O)C5CC5)C4)c3n2)n1. The molecule has 1 unspecified atom stereocenters. The first-order chi connectivity index (χ1) is 20.6. The van der Waals surface area contributed by atoms with E-state index in [0.717, 1.165) is 55.5 Å². The van der Waals surface area contributed by atoms with Crippen molar-refractivity contribution in [2.75, 3.05) is 25.9 Å². The molecule has 8 rings (SSSR count). The van der Waals surface area contributed by atoms with E-state index in [-0.39, 0.29) is 12.0 Å². The van der Waals surface area contributed by atoms with Gasteiger partial charge in [-0.25, -0.2) is 19.6 Å². The number of benzene rings is 1. The number of aromatic nitrogens is 6. The normalized spacial score (nSPS) is 18.3. The second-order valence-corrected chi connectivity index (χ2v) is 11.4. The number of nitrogen functional groups attached to an aromatic ring is 1. The highest BCUT2D eigenvalue weighted by Gasteiger charge is 2.40. The van der Waals surface area contributed by atoms with Crippen molar-refractivity contribution in [3.8, 4) is 28.8 Å². The van der Waals surface area contributed by atoms with Crippen LogP contribution in [0.15, 0.2) is 60.9 Å². The fourth-order valence-electron chi connectivity index (χ4n) is 6.20. The molecule has 2 fully saturated rings. The molecule has 3 aliphatic rings. The molecular formula is C31H31N9O2. The van der Waals surface area contributed by atoms with Crippen molar-refractivity contribution < 1.29 is 9.53 Å². The number of hydrogen-bond donors (Lipinski definition) is 2. The van der Waals surface area contributed by atoms with Crippen LogP contribution in [0.2, 0.25) is 0 Å². The molecule has 5 heterocycles. The predicted molar refractivity (Wildman–Crippen MR) is 157 cm³/mol. The molecule has 0 spiro atoms. The Balaban J connectivity index is 1.15. The summed E-state index contributed by atoms with van der Waals surface area (Å²) in [6.07, 6.45) is 7.62. The lowest BCUT2D eigenvalue weighted by Crippen LogP contribution is -2.60. The summed E-state index contributed by atoms with van der Waals surface area (Å²) in [4.78, 5) is 28.6. The Labute approximate surface area is 242 Å². The maximum absolute atomic E-state index is 12.3. The van der Waals surface area contributed by atoms with Crippen LogP contribution in [-0.2, 0) is 11.2 Å². The molecule has 0 bridgehead atoms. The van der Waals surface area contributed by atoms with E-state index in [9.17, 15) is 4.79 Å². The Kier molecular flexibility index (Phi) is 5.74. The minimum absolute atomic E-state index is 0.282. The number of nitrogens with zero attached hydrogens (tertiary/aromatic N) is 7. The van der Waals surface area contributed by atoms with Gasteiger partial charge in [0, 0.05) is 55.2 Å². The molecule has 42 heavy (non-hydrogen) atoms. The zero-order chi connectivity index (χ0) is 28.4. The summed E-state index contributed by atoms with van der Waals surface area (Å²) in [5.74, 6) is 2.88. The Bertz CT molecular complexity index is 1830. The molecule has 1 saturated carbocycles. The first-order valence-electron chi connectivity index (χ1n) is 14.4. The molecule has 1 amide bonds. The third-order valence-electron chi connectivity index (χ3n) is 8.60. The molecule has 212 valence electrons. The van der Waals surface area contributed by atoms with Gasteiger partial charge in [0.2, 0.25) is 11.8 Å². The highest BCUT2D eigenvalue weighted by atomic mass is 16.5. The van der Waals surface area contributed by atoms with E-state index in [2.05, 4.69) is 38.2 Å². The lowest BCUT2D eigenvalue weighted by molar-refractivity contribution is -0.137. The summed E-state index contributed by atoms with van der Waals surface area (Å²) in [6.45, 7) is 1.62. The average Bonchev–Trinajstić information content (AvgIpc) is 3.42. The molecule has 2 aliphatic carbocycles. The van der Waals surface area contributed by atoms with Crippen LogP contribution < -0.4 is 15.8 Å². The van der Waals surface area contributed by atoms with Crippen LogP contribution in [0.5, 0.6) is 5.88 Å². The zero-order valence-electron chi connectivity index (χ0n) is 23.3. The molecule has 5 aromatic rings.